The Labute approximate surface area is 239 Å². The lowest BCUT2D eigenvalue weighted by molar-refractivity contribution is 0.205. The first-order valence-corrected chi connectivity index (χ1v) is 18.5. The first-order chi connectivity index (χ1) is 18.2. The van der Waals surface area contributed by atoms with Crippen molar-refractivity contribution in [1.82, 2.24) is 5.32 Å². The SMILES string of the molecule is CCCCC1=CSC(C2CC(C3CCC4C(C3)SC3CCCCC34)=CC(C3=CC4C=CCCC4S3)C2)N1. The van der Waals surface area contributed by atoms with E-state index in [-0.39, 0.29) is 0 Å². The number of unbranched alkanes of at least 4 members (excludes halogenated alkanes) is 1. The summed E-state index contributed by atoms with van der Waals surface area (Å²) < 4.78 is 0. The lowest BCUT2D eigenvalue weighted by Crippen LogP contribution is -2.35. The maximum atomic E-state index is 4.01. The minimum Gasteiger partial charge on any atom is -0.376 e. The lowest BCUT2D eigenvalue weighted by atomic mass is 9.67. The van der Waals surface area contributed by atoms with Gasteiger partial charge in [-0.1, -0.05) is 56.1 Å². The quantitative estimate of drug-likeness (QED) is 0.328. The molecule has 1 saturated heterocycles. The van der Waals surface area contributed by atoms with Gasteiger partial charge in [0.2, 0.25) is 0 Å². The smallest absolute Gasteiger partial charge is 0.0792 e. The van der Waals surface area contributed by atoms with E-state index in [0.29, 0.717) is 17.2 Å². The van der Waals surface area contributed by atoms with Crippen molar-refractivity contribution in [2.45, 2.75) is 118 Å². The van der Waals surface area contributed by atoms with E-state index < -0.39 is 0 Å². The Bertz CT molecular complexity index is 965. The van der Waals surface area contributed by atoms with E-state index in [9.17, 15) is 0 Å². The molecular formula is C33H47NS3. The molecule has 4 aliphatic carbocycles. The molecule has 202 valence electrons. The van der Waals surface area contributed by atoms with Crippen LogP contribution in [0.1, 0.15) is 96.8 Å². The van der Waals surface area contributed by atoms with Gasteiger partial charge in [0.15, 0.2) is 0 Å². The van der Waals surface area contributed by atoms with Crippen molar-refractivity contribution in [2.24, 2.45) is 35.5 Å². The molecule has 0 aromatic rings. The monoisotopic (exact) mass is 553 g/mol. The van der Waals surface area contributed by atoms with Crippen LogP contribution >= 0.6 is 35.3 Å². The third-order valence-corrected chi connectivity index (χ3v) is 15.4. The first-order valence-electron chi connectivity index (χ1n) is 15.8. The second kappa shape index (κ2) is 11.4. The number of allylic oxidation sites excluding steroid dienone is 7. The Balaban J connectivity index is 1.09. The van der Waals surface area contributed by atoms with E-state index in [1.807, 2.05) is 5.57 Å². The molecule has 0 radical (unpaired) electrons. The van der Waals surface area contributed by atoms with Crippen molar-refractivity contribution in [3.63, 3.8) is 0 Å². The van der Waals surface area contributed by atoms with Crippen LogP contribution in [0.15, 0.2) is 45.9 Å². The largest absolute Gasteiger partial charge is 0.376 e. The maximum absolute atomic E-state index is 4.01. The molecule has 3 aliphatic heterocycles. The fraction of sp³-hybridized carbons (Fsp3) is 0.758. The zero-order chi connectivity index (χ0) is 24.8. The minimum absolute atomic E-state index is 0.590. The summed E-state index contributed by atoms with van der Waals surface area (Å²) in [4.78, 5) is 1.72. The van der Waals surface area contributed by atoms with Crippen LogP contribution in [0.2, 0.25) is 0 Å². The zero-order valence-electron chi connectivity index (χ0n) is 22.8. The molecule has 4 heteroatoms. The van der Waals surface area contributed by atoms with Gasteiger partial charge < -0.3 is 5.32 Å². The lowest BCUT2D eigenvalue weighted by Gasteiger charge is -2.40. The van der Waals surface area contributed by atoms with Crippen molar-refractivity contribution in [2.75, 3.05) is 0 Å². The molecule has 0 bridgehead atoms. The van der Waals surface area contributed by atoms with Crippen molar-refractivity contribution < 1.29 is 0 Å². The molecular weight excluding hydrogens is 507 g/mol. The molecule has 0 amide bonds. The summed E-state index contributed by atoms with van der Waals surface area (Å²) in [5, 5.41) is 9.84. The second-order valence-corrected chi connectivity index (χ2v) is 17.0. The molecule has 3 heterocycles. The molecule has 1 nitrogen and oxygen atoms in total. The molecule has 0 spiro atoms. The molecule has 37 heavy (non-hydrogen) atoms. The van der Waals surface area contributed by atoms with Crippen LogP contribution < -0.4 is 5.32 Å². The molecule has 0 aromatic heterocycles. The fourth-order valence-corrected chi connectivity index (χ4v) is 13.7. The highest BCUT2D eigenvalue weighted by Crippen LogP contribution is 2.58. The van der Waals surface area contributed by atoms with Crippen LogP contribution in [-0.2, 0) is 0 Å². The first kappa shape index (κ1) is 25.8. The highest BCUT2D eigenvalue weighted by atomic mass is 32.2. The van der Waals surface area contributed by atoms with Crippen LogP contribution in [0, 0.1) is 35.5 Å². The van der Waals surface area contributed by atoms with Gasteiger partial charge in [0.1, 0.15) is 0 Å². The summed E-state index contributed by atoms with van der Waals surface area (Å²) in [5.74, 6) is 5.09. The maximum Gasteiger partial charge on any atom is 0.0792 e. The summed E-state index contributed by atoms with van der Waals surface area (Å²) in [6.45, 7) is 2.31. The Morgan fingerprint density at radius 1 is 0.946 bits per heavy atom. The van der Waals surface area contributed by atoms with Crippen LogP contribution in [0.3, 0.4) is 0 Å². The van der Waals surface area contributed by atoms with Gasteiger partial charge in [0.05, 0.1) is 5.37 Å². The predicted molar refractivity (Wildman–Crippen MR) is 166 cm³/mol. The zero-order valence-corrected chi connectivity index (χ0v) is 25.2. The van der Waals surface area contributed by atoms with Crippen molar-refractivity contribution >= 4 is 35.3 Å². The Kier molecular flexibility index (Phi) is 7.91. The molecule has 0 aromatic carbocycles. The number of hydrogen-bond donors (Lipinski definition) is 1. The number of nitrogens with one attached hydrogen (secondary N) is 1. The predicted octanol–water partition coefficient (Wildman–Crippen LogP) is 9.69. The Hall–Kier alpha value is -0.190. The van der Waals surface area contributed by atoms with Crippen molar-refractivity contribution in [1.29, 1.82) is 0 Å². The van der Waals surface area contributed by atoms with Gasteiger partial charge in [-0.15, -0.1) is 23.5 Å². The molecule has 2 saturated carbocycles. The molecule has 10 unspecified atom stereocenters. The van der Waals surface area contributed by atoms with Gasteiger partial charge in [-0.05, 0) is 105 Å². The molecule has 7 rings (SSSR count). The van der Waals surface area contributed by atoms with Crippen molar-refractivity contribution in [3.05, 3.63) is 45.9 Å². The Morgan fingerprint density at radius 2 is 1.86 bits per heavy atom. The van der Waals surface area contributed by atoms with E-state index in [2.05, 4.69) is 77.2 Å². The fourth-order valence-electron chi connectivity index (χ4n) is 8.86. The van der Waals surface area contributed by atoms with Crippen LogP contribution in [0.5, 0.6) is 0 Å². The standard InChI is InChI=1S/C33H47NS3/c1-2-3-9-26-20-35-33(34-26)25-16-23(15-24(17-25)31-19-22-8-4-6-11-29(22)36-31)21-13-14-28-27-10-5-7-12-30(27)37-32(28)18-21/h4,8,15,19-22,24-25,27-30,32-34H,2-3,5-7,9-14,16-18H2,1H3. The van der Waals surface area contributed by atoms with Crippen molar-refractivity contribution in [3.8, 4) is 0 Å². The van der Waals surface area contributed by atoms with E-state index in [1.165, 1.54) is 95.6 Å². The number of fused-ring (bicyclic) bond motifs is 4. The molecule has 7 aliphatic rings. The summed E-state index contributed by atoms with van der Waals surface area (Å²) >= 11 is 6.81. The normalized spacial score (nSPS) is 44.8. The van der Waals surface area contributed by atoms with Gasteiger partial charge in [-0.3, -0.25) is 0 Å². The summed E-state index contributed by atoms with van der Waals surface area (Å²) in [6, 6.07) is 0. The number of hydrogen-bond acceptors (Lipinski definition) is 4. The van der Waals surface area contributed by atoms with E-state index >= 15 is 0 Å². The van der Waals surface area contributed by atoms with Gasteiger partial charge >= 0.3 is 0 Å². The van der Waals surface area contributed by atoms with Gasteiger partial charge in [-0.25, -0.2) is 0 Å². The highest BCUT2D eigenvalue weighted by molar-refractivity contribution is 8.04. The third kappa shape index (κ3) is 5.31. The van der Waals surface area contributed by atoms with Crippen LogP contribution in [0.25, 0.3) is 0 Å². The number of thioether (sulfide) groups is 3. The van der Waals surface area contributed by atoms with Gasteiger partial charge in [0.25, 0.3) is 0 Å². The topological polar surface area (TPSA) is 12.0 Å². The molecule has 3 fully saturated rings. The average Bonchev–Trinajstić information content (AvgIpc) is 3.68. The van der Waals surface area contributed by atoms with Gasteiger partial charge in [-0.2, -0.15) is 11.8 Å². The van der Waals surface area contributed by atoms with E-state index in [1.54, 1.807) is 4.91 Å². The molecule has 10 atom stereocenters. The van der Waals surface area contributed by atoms with E-state index in [4.69, 9.17) is 0 Å². The van der Waals surface area contributed by atoms with E-state index in [0.717, 1.165) is 39.4 Å². The Morgan fingerprint density at radius 3 is 2.78 bits per heavy atom. The average molecular weight is 554 g/mol. The third-order valence-electron chi connectivity index (χ3n) is 10.8. The highest BCUT2D eigenvalue weighted by Gasteiger charge is 2.48. The van der Waals surface area contributed by atoms with Crippen LogP contribution in [-0.4, -0.2) is 21.1 Å². The summed E-state index contributed by atoms with van der Waals surface area (Å²) in [6.07, 6.45) is 30.2. The summed E-state index contributed by atoms with van der Waals surface area (Å²) in [7, 11) is 0. The second-order valence-electron chi connectivity index (χ2n) is 13.1. The summed E-state index contributed by atoms with van der Waals surface area (Å²) in [5.41, 5.74) is 3.38. The minimum atomic E-state index is 0.590. The molecule has 1 N–H and O–H groups in total. The number of rotatable bonds is 6. The van der Waals surface area contributed by atoms with Crippen LogP contribution in [0.4, 0.5) is 0 Å². The van der Waals surface area contributed by atoms with Gasteiger partial charge in [0, 0.05) is 33.3 Å².